The fourth-order valence-corrected chi connectivity index (χ4v) is 3.40. The van der Waals surface area contributed by atoms with Gasteiger partial charge in [-0.15, -0.1) is 0 Å². The van der Waals surface area contributed by atoms with Gasteiger partial charge in [-0.25, -0.2) is 0 Å². The predicted octanol–water partition coefficient (Wildman–Crippen LogP) is 3.11. The highest BCUT2D eigenvalue weighted by Gasteiger charge is 2.41. The third kappa shape index (κ3) is 2.35. The van der Waals surface area contributed by atoms with E-state index in [-0.39, 0.29) is 5.54 Å². The molecule has 0 aliphatic heterocycles. The standard InChI is InChI=1S/C16H22N4O2/c1-10-13(11(2)21-19-10)9-17-16(7-3-4-8-16)15-18-14(22-20-15)12-5-6-12/h12,17H,3-9H2,1-2H3. The molecule has 6 nitrogen and oxygen atoms in total. The lowest BCUT2D eigenvalue weighted by Gasteiger charge is -2.26. The molecule has 0 atom stereocenters. The van der Waals surface area contributed by atoms with Crippen molar-refractivity contribution in [3.8, 4) is 0 Å². The lowest BCUT2D eigenvalue weighted by molar-refractivity contribution is 0.295. The van der Waals surface area contributed by atoms with Crippen LogP contribution in [0.15, 0.2) is 9.05 Å². The van der Waals surface area contributed by atoms with Gasteiger partial charge >= 0.3 is 0 Å². The van der Waals surface area contributed by atoms with Crippen LogP contribution in [0.3, 0.4) is 0 Å². The summed E-state index contributed by atoms with van der Waals surface area (Å²) in [5.74, 6) is 3.03. The zero-order valence-corrected chi connectivity index (χ0v) is 13.2. The number of aryl methyl sites for hydroxylation is 2. The van der Waals surface area contributed by atoms with Gasteiger partial charge in [-0.05, 0) is 39.5 Å². The maximum absolute atomic E-state index is 5.48. The van der Waals surface area contributed by atoms with Crippen LogP contribution in [0.5, 0.6) is 0 Å². The van der Waals surface area contributed by atoms with E-state index in [9.17, 15) is 0 Å². The molecule has 6 heteroatoms. The van der Waals surface area contributed by atoms with Gasteiger partial charge in [0.2, 0.25) is 5.89 Å². The molecule has 2 heterocycles. The van der Waals surface area contributed by atoms with E-state index >= 15 is 0 Å². The topological polar surface area (TPSA) is 77.0 Å². The molecule has 2 aromatic heterocycles. The van der Waals surface area contributed by atoms with Crippen molar-refractivity contribution in [1.29, 1.82) is 0 Å². The highest BCUT2D eigenvalue weighted by molar-refractivity contribution is 5.21. The molecular formula is C16H22N4O2. The first-order valence-electron chi connectivity index (χ1n) is 8.19. The van der Waals surface area contributed by atoms with Gasteiger partial charge in [0, 0.05) is 18.0 Å². The number of hydrogen-bond donors (Lipinski definition) is 1. The molecule has 118 valence electrons. The molecule has 0 bridgehead atoms. The SMILES string of the molecule is Cc1noc(C)c1CNC1(c2noc(C3CC3)n2)CCCC1. The Kier molecular flexibility index (Phi) is 3.29. The first kappa shape index (κ1) is 13.9. The molecule has 2 saturated carbocycles. The molecule has 22 heavy (non-hydrogen) atoms. The molecule has 0 radical (unpaired) electrons. The third-order valence-electron chi connectivity index (χ3n) is 5.04. The van der Waals surface area contributed by atoms with Crippen LogP contribution in [0.4, 0.5) is 0 Å². The van der Waals surface area contributed by atoms with Crippen molar-refractivity contribution in [2.45, 2.75) is 70.4 Å². The van der Waals surface area contributed by atoms with E-state index < -0.39 is 0 Å². The highest BCUT2D eigenvalue weighted by atomic mass is 16.5. The van der Waals surface area contributed by atoms with Gasteiger partial charge in [-0.2, -0.15) is 4.98 Å². The van der Waals surface area contributed by atoms with Gasteiger partial charge in [0.25, 0.3) is 0 Å². The first-order chi connectivity index (χ1) is 10.7. The van der Waals surface area contributed by atoms with Crippen LogP contribution in [0.25, 0.3) is 0 Å². The van der Waals surface area contributed by atoms with Crippen molar-refractivity contribution < 1.29 is 9.05 Å². The Hall–Kier alpha value is -1.69. The third-order valence-corrected chi connectivity index (χ3v) is 5.04. The Morgan fingerprint density at radius 2 is 1.91 bits per heavy atom. The zero-order valence-electron chi connectivity index (χ0n) is 13.2. The summed E-state index contributed by atoms with van der Waals surface area (Å²) in [6.45, 7) is 4.67. The fraction of sp³-hybridized carbons (Fsp3) is 0.688. The largest absolute Gasteiger partial charge is 0.361 e. The number of nitrogens with zero attached hydrogens (tertiary/aromatic N) is 3. The molecule has 0 amide bonds. The van der Waals surface area contributed by atoms with Crippen molar-refractivity contribution >= 4 is 0 Å². The lowest BCUT2D eigenvalue weighted by Crippen LogP contribution is -2.40. The number of nitrogens with one attached hydrogen (secondary N) is 1. The minimum Gasteiger partial charge on any atom is -0.361 e. The summed E-state index contributed by atoms with van der Waals surface area (Å²) in [4.78, 5) is 4.69. The van der Waals surface area contributed by atoms with E-state index in [2.05, 4.69) is 15.6 Å². The normalized spacial score (nSPS) is 20.6. The molecular weight excluding hydrogens is 280 g/mol. The molecule has 2 aromatic rings. The summed E-state index contributed by atoms with van der Waals surface area (Å²) in [5, 5.41) is 12.0. The number of hydrogen-bond acceptors (Lipinski definition) is 6. The summed E-state index contributed by atoms with van der Waals surface area (Å²) in [5.41, 5.74) is 1.93. The second-order valence-electron chi connectivity index (χ2n) is 6.68. The monoisotopic (exact) mass is 302 g/mol. The van der Waals surface area contributed by atoms with Gasteiger partial charge in [0.05, 0.1) is 11.2 Å². The molecule has 0 unspecified atom stereocenters. The highest BCUT2D eigenvalue weighted by Crippen LogP contribution is 2.42. The van der Waals surface area contributed by atoms with Gasteiger partial charge in [0.1, 0.15) is 5.76 Å². The Bertz CT molecular complexity index is 646. The smallest absolute Gasteiger partial charge is 0.229 e. The van der Waals surface area contributed by atoms with Gasteiger partial charge < -0.3 is 14.4 Å². The molecule has 0 aromatic carbocycles. The Labute approximate surface area is 129 Å². The summed E-state index contributed by atoms with van der Waals surface area (Å²) >= 11 is 0. The first-order valence-corrected chi connectivity index (χ1v) is 8.19. The Morgan fingerprint density at radius 1 is 1.14 bits per heavy atom. The summed E-state index contributed by atoms with van der Waals surface area (Å²) < 4.78 is 10.7. The van der Waals surface area contributed by atoms with Gasteiger partial charge in [-0.1, -0.05) is 23.2 Å². The molecule has 0 spiro atoms. The predicted molar refractivity (Wildman–Crippen MR) is 79.2 cm³/mol. The van der Waals surface area contributed by atoms with E-state index in [1.807, 2.05) is 13.8 Å². The van der Waals surface area contributed by atoms with Crippen molar-refractivity contribution in [3.63, 3.8) is 0 Å². The van der Waals surface area contributed by atoms with Crippen molar-refractivity contribution in [2.75, 3.05) is 0 Å². The van der Waals surface area contributed by atoms with E-state index in [4.69, 9.17) is 14.0 Å². The minimum atomic E-state index is -0.160. The van der Waals surface area contributed by atoms with Crippen molar-refractivity contribution in [1.82, 2.24) is 20.6 Å². The van der Waals surface area contributed by atoms with Crippen LogP contribution in [0.1, 0.15) is 73.2 Å². The van der Waals surface area contributed by atoms with Crippen LogP contribution in [0.2, 0.25) is 0 Å². The number of aromatic nitrogens is 3. The number of rotatable bonds is 5. The van der Waals surface area contributed by atoms with Gasteiger partial charge in [-0.3, -0.25) is 0 Å². The van der Waals surface area contributed by atoms with Crippen molar-refractivity contribution in [3.05, 3.63) is 28.7 Å². The van der Waals surface area contributed by atoms with E-state index in [1.54, 1.807) is 0 Å². The van der Waals surface area contributed by atoms with Crippen LogP contribution in [-0.2, 0) is 12.1 Å². The fourth-order valence-electron chi connectivity index (χ4n) is 3.40. The summed E-state index contributed by atoms with van der Waals surface area (Å²) in [6, 6.07) is 0. The van der Waals surface area contributed by atoms with E-state index in [0.29, 0.717) is 5.92 Å². The molecule has 4 rings (SSSR count). The molecule has 0 saturated heterocycles. The van der Waals surface area contributed by atoms with Crippen LogP contribution < -0.4 is 5.32 Å². The molecule has 1 N–H and O–H groups in total. The second kappa shape index (κ2) is 5.19. The molecule has 2 aliphatic carbocycles. The van der Waals surface area contributed by atoms with Gasteiger partial charge in [0.15, 0.2) is 5.82 Å². The average Bonchev–Trinajstić information content (AvgIpc) is 2.94. The lowest BCUT2D eigenvalue weighted by atomic mass is 9.96. The molecule has 2 fully saturated rings. The molecule has 2 aliphatic rings. The zero-order chi connectivity index (χ0) is 15.2. The Balaban J connectivity index is 1.56. The van der Waals surface area contributed by atoms with Crippen LogP contribution in [-0.4, -0.2) is 15.3 Å². The van der Waals surface area contributed by atoms with Crippen molar-refractivity contribution in [2.24, 2.45) is 0 Å². The average molecular weight is 302 g/mol. The summed E-state index contributed by atoms with van der Waals surface area (Å²) in [6.07, 6.45) is 6.87. The second-order valence-corrected chi connectivity index (χ2v) is 6.68. The maximum Gasteiger partial charge on any atom is 0.229 e. The summed E-state index contributed by atoms with van der Waals surface area (Å²) in [7, 11) is 0. The Morgan fingerprint density at radius 3 is 2.55 bits per heavy atom. The van der Waals surface area contributed by atoms with E-state index in [0.717, 1.165) is 48.1 Å². The minimum absolute atomic E-state index is 0.160. The van der Waals surface area contributed by atoms with Crippen LogP contribution in [0, 0.1) is 13.8 Å². The van der Waals surface area contributed by atoms with Crippen LogP contribution >= 0.6 is 0 Å². The maximum atomic E-state index is 5.48. The quantitative estimate of drug-likeness (QED) is 0.914. The van der Waals surface area contributed by atoms with E-state index in [1.165, 1.54) is 25.7 Å².